The van der Waals surface area contributed by atoms with Gasteiger partial charge in [-0.2, -0.15) is 4.98 Å². The van der Waals surface area contributed by atoms with Crippen molar-refractivity contribution < 1.29 is 13.7 Å². The van der Waals surface area contributed by atoms with Gasteiger partial charge >= 0.3 is 6.03 Å². The summed E-state index contributed by atoms with van der Waals surface area (Å²) in [6.07, 6.45) is 0.857. The standard InChI is InChI=1S/C27H23FN4O2/c1-3-18-8-7-11-22(16-18)32-17(2)23(24(29-27(32)33)19-9-5-4-6-10-19)26-30-25(31-34-26)20-12-14-21(28)15-13-20/h4-16,24H,3H2,1-2H3,(H,29,33). The first kappa shape index (κ1) is 21.6. The lowest BCUT2D eigenvalue weighted by molar-refractivity contribution is 0.244. The first-order valence-electron chi connectivity index (χ1n) is 11.1. The van der Waals surface area contributed by atoms with E-state index in [1.54, 1.807) is 17.0 Å². The first-order chi connectivity index (χ1) is 16.5. The Labute approximate surface area is 196 Å². The number of amides is 2. The molecule has 0 bridgehead atoms. The molecule has 2 heterocycles. The SMILES string of the molecule is CCc1cccc(N2C(=O)NC(c3ccccc3)C(c3nc(-c4ccc(F)cc4)no3)=C2C)c1. The third-order valence-corrected chi connectivity index (χ3v) is 5.95. The van der Waals surface area contributed by atoms with Crippen LogP contribution < -0.4 is 10.2 Å². The molecule has 2 amide bonds. The molecule has 4 aromatic rings. The van der Waals surface area contributed by atoms with Gasteiger partial charge in [-0.25, -0.2) is 9.18 Å². The normalized spacial score (nSPS) is 16.0. The summed E-state index contributed by atoms with van der Waals surface area (Å²) in [5.74, 6) is 0.302. The maximum absolute atomic E-state index is 13.4. The molecule has 1 aliphatic heterocycles. The number of anilines is 1. The van der Waals surface area contributed by atoms with Crippen molar-refractivity contribution >= 4 is 17.3 Å². The van der Waals surface area contributed by atoms with Crippen molar-refractivity contribution in [3.05, 3.63) is 107 Å². The van der Waals surface area contributed by atoms with Crippen LogP contribution >= 0.6 is 0 Å². The van der Waals surface area contributed by atoms with Crippen LogP contribution in [-0.2, 0) is 6.42 Å². The molecule has 6 nitrogen and oxygen atoms in total. The highest BCUT2D eigenvalue weighted by molar-refractivity contribution is 6.01. The Balaban J connectivity index is 1.65. The molecule has 3 aromatic carbocycles. The minimum atomic E-state index is -0.471. The number of rotatable bonds is 5. The molecule has 0 fully saturated rings. The average molecular weight is 455 g/mol. The number of hydrogen-bond donors (Lipinski definition) is 1. The lowest BCUT2D eigenvalue weighted by Gasteiger charge is -2.35. The van der Waals surface area contributed by atoms with Gasteiger partial charge in [-0.05, 0) is 60.9 Å². The highest BCUT2D eigenvalue weighted by Gasteiger charge is 2.36. The number of halogens is 1. The number of nitrogens with zero attached hydrogens (tertiary/aromatic N) is 3. The summed E-state index contributed by atoms with van der Waals surface area (Å²) in [4.78, 5) is 19.5. The minimum absolute atomic E-state index is 0.235. The van der Waals surface area contributed by atoms with Crippen LogP contribution in [0, 0.1) is 5.82 Å². The predicted octanol–water partition coefficient (Wildman–Crippen LogP) is 6.14. The van der Waals surface area contributed by atoms with Gasteiger partial charge in [0.25, 0.3) is 5.89 Å². The van der Waals surface area contributed by atoms with E-state index in [-0.39, 0.29) is 11.8 Å². The third-order valence-electron chi connectivity index (χ3n) is 5.95. The Bertz CT molecular complexity index is 1360. The molecule has 0 aliphatic carbocycles. The molecule has 0 radical (unpaired) electrons. The molecule has 1 unspecified atom stereocenters. The second-order valence-corrected chi connectivity index (χ2v) is 8.08. The summed E-state index contributed by atoms with van der Waals surface area (Å²) >= 11 is 0. The van der Waals surface area contributed by atoms with E-state index in [1.807, 2.05) is 61.5 Å². The number of nitrogens with one attached hydrogen (secondary N) is 1. The second kappa shape index (κ2) is 8.94. The highest BCUT2D eigenvalue weighted by Crippen LogP contribution is 2.39. The molecule has 5 rings (SSSR count). The maximum atomic E-state index is 13.4. The van der Waals surface area contributed by atoms with Gasteiger partial charge in [0.2, 0.25) is 5.82 Å². The van der Waals surface area contributed by atoms with Gasteiger partial charge in [0.15, 0.2) is 0 Å². The van der Waals surface area contributed by atoms with E-state index in [4.69, 9.17) is 4.52 Å². The minimum Gasteiger partial charge on any atom is -0.334 e. The van der Waals surface area contributed by atoms with E-state index in [9.17, 15) is 9.18 Å². The van der Waals surface area contributed by atoms with Crippen LogP contribution in [0.4, 0.5) is 14.9 Å². The third kappa shape index (κ3) is 3.96. The smallest absolute Gasteiger partial charge is 0.326 e. The van der Waals surface area contributed by atoms with Crippen LogP contribution in [0.5, 0.6) is 0 Å². The molecule has 0 saturated heterocycles. The summed E-state index contributed by atoms with van der Waals surface area (Å²) < 4.78 is 19.1. The monoisotopic (exact) mass is 454 g/mol. The van der Waals surface area contributed by atoms with Gasteiger partial charge in [-0.15, -0.1) is 0 Å². The number of benzene rings is 3. The maximum Gasteiger partial charge on any atom is 0.326 e. The Hall–Kier alpha value is -4.26. The van der Waals surface area contributed by atoms with Gasteiger partial charge in [0, 0.05) is 11.3 Å². The van der Waals surface area contributed by atoms with E-state index < -0.39 is 6.04 Å². The lowest BCUT2D eigenvalue weighted by Crippen LogP contribution is -2.46. The van der Waals surface area contributed by atoms with Crippen LogP contribution in [0.3, 0.4) is 0 Å². The molecule has 170 valence electrons. The van der Waals surface area contributed by atoms with Crippen molar-refractivity contribution in [3.8, 4) is 11.4 Å². The predicted molar refractivity (Wildman–Crippen MR) is 128 cm³/mol. The number of aryl methyl sites for hydroxylation is 1. The van der Waals surface area contributed by atoms with Crippen LogP contribution in [0.1, 0.15) is 36.9 Å². The summed E-state index contributed by atoms with van der Waals surface area (Å²) in [6.45, 7) is 3.95. The van der Waals surface area contributed by atoms with Crippen molar-refractivity contribution in [2.24, 2.45) is 0 Å². The highest BCUT2D eigenvalue weighted by atomic mass is 19.1. The molecule has 1 aromatic heterocycles. The van der Waals surface area contributed by atoms with Crippen molar-refractivity contribution in [2.75, 3.05) is 4.90 Å². The molecule has 0 saturated carbocycles. The fraction of sp³-hybridized carbons (Fsp3) is 0.148. The number of carbonyl (C=O) groups excluding carboxylic acids is 1. The van der Waals surface area contributed by atoms with E-state index in [0.717, 1.165) is 23.2 Å². The molecular weight excluding hydrogens is 431 g/mol. The number of allylic oxidation sites excluding steroid dienone is 1. The lowest BCUT2D eigenvalue weighted by atomic mass is 9.94. The zero-order chi connectivity index (χ0) is 23.7. The van der Waals surface area contributed by atoms with Gasteiger partial charge < -0.3 is 9.84 Å². The number of carbonyl (C=O) groups is 1. The summed E-state index contributed by atoms with van der Waals surface area (Å²) in [5, 5.41) is 7.23. The Morgan fingerprint density at radius 2 is 1.79 bits per heavy atom. The summed E-state index contributed by atoms with van der Waals surface area (Å²) in [7, 11) is 0. The zero-order valence-electron chi connectivity index (χ0n) is 18.8. The van der Waals surface area contributed by atoms with Gasteiger partial charge in [0.1, 0.15) is 5.82 Å². The molecule has 1 aliphatic rings. The van der Waals surface area contributed by atoms with E-state index >= 15 is 0 Å². The second-order valence-electron chi connectivity index (χ2n) is 8.08. The Morgan fingerprint density at radius 1 is 1.03 bits per heavy atom. The van der Waals surface area contributed by atoms with Crippen molar-refractivity contribution in [3.63, 3.8) is 0 Å². The fourth-order valence-electron chi connectivity index (χ4n) is 4.19. The number of urea groups is 1. The van der Waals surface area contributed by atoms with Gasteiger partial charge in [-0.3, -0.25) is 4.90 Å². The van der Waals surface area contributed by atoms with E-state index in [2.05, 4.69) is 22.4 Å². The molecule has 7 heteroatoms. The van der Waals surface area contributed by atoms with Gasteiger partial charge in [0.05, 0.1) is 17.3 Å². The topological polar surface area (TPSA) is 71.3 Å². The fourth-order valence-corrected chi connectivity index (χ4v) is 4.19. The first-order valence-corrected chi connectivity index (χ1v) is 11.1. The Kier molecular flexibility index (Phi) is 5.67. The zero-order valence-corrected chi connectivity index (χ0v) is 18.8. The Morgan fingerprint density at radius 3 is 2.53 bits per heavy atom. The van der Waals surface area contributed by atoms with Crippen molar-refractivity contribution in [1.82, 2.24) is 15.5 Å². The molecule has 1 atom stereocenters. The number of aromatic nitrogens is 2. The van der Waals surface area contributed by atoms with Crippen LogP contribution in [0.25, 0.3) is 17.0 Å². The molecule has 34 heavy (non-hydrogen) atoms. The summed E-state index contributed by atoms with van der Waals surface area (Å²) in [5.41, 5.74) is 4.82. The average Bonchev–Trinajstić information content (AvgIpc) is 3.34. The molecular formula is C27H23FN4O2. The largest absolute Gasteiger partial charge is 0.334 e. The van der Waals surface area contributed by atoms with Crippen LogP contribution in [0.2, 0.25) is 0 Å². The van der Waals surface area contributed by atoms with E-state index in [0.29, 0.717) is 28.5 Å². The molecule has 0 spiro atoms. The van der Waals surface area contributed by atoms with Crippen molar-refractivity contribution in [1.29, 1.82) is 0 Å². The number of hydrogen-bond acceptors (Lipinski definition) is 4. The quantitative estimate of drug-likeness (QED) is 0.393. The van der Waals surface area contributed by atoms with Crippen LogP contribution in [-0.4, -0.2) is 16.2 Å². The van der Waals surface area contributed by atoms with Gasteiger partial charge in [-0.1, -0.05) is 54.5 Å². The van der Waals surface area contributed by atoms with Crippen LogP contribution in [0.15, 0.2) is 89.1 Å². The molecule has 1 N–H and O–H groups in total. The van der Waals surface area contributed by atoms with E-state index in [1.165, 1.54) is 12.1 Å². The van der Waals surface area contributed by atoms with Crippen molar-refractivity contribution in [2.45, 2.75) is 26.3 Å². The summed E-state index contributed by atoms with van der Waals surface area (Å²) in [6, 6.07) is 22.7.